The second-order valence-electron chi connectivity index (χ2n) is 6.49. The van der Waals surface area contributed by atoms with E-state index in [9.17, 15) is 18.8 Å². The highest BCUT2D eigenvalue weighted by molar-refractivity contribution is 6.01. The minimum Gasteiger partial charge on any atom is -0.492 e. The van der Waals surface area contributed by atoms with Crippen LogP contribution in [0.2, 0.25) is 0 Å². The molecule has 0 radical (unpaired) electrons. The van der Waals surface area contributed by atoms with Crippen LogP contribution in [0.15, 0.2) is 48.5 Å². The first-order valence-corrected chi connectivity index (χ1v) is 9.35. The zero-order valence-corrected chi connectivity index (χ0v) is 16.0. The van der Waals surface area contributed by atoms with Gasteiger partial charge in [-0.3, -0.25) is 14.4 Å². The molecule has 1 heterocycles. The standard InChI is InChI=1S/C21H22FN3O4/c1-2-29-18-6-4-3-5-16(18)24-19(26)13-17-20(27)23-11-12-25(17)21(28)14-7-9-15(22)10-8-14/h3-10,17H,2,11-13H2,1H3,(H,23,27)(H,24,26). The van der Waals surface area contributed by atoms with Crippen molar-refractivity contribution in [3.63, 3.8) is 0 Å². The molecule has 7 nitrogen and oxygen atoms in total. The number of nitrogens with one attached hydrogen (secondary N) is 2. The van der Waals surface area contributed by atoms with Gasteiger partial charge in [0.2, 0.25) is 11.8 Å². The Morgan fingerprint density at radius 3 is 2.66 bits per heavy atom. The summed E-state index contributed by atoms with van der Waals surface area (Å²) in [5.41, 5.74) is 0.750. The first kappa shape index (κ1) is 20.3. The molecule has 0 aromatic heterocycles. The third-order valence-electron chi connectivity index (χ3n) is 4.52. The molecule has 152 valence electrons. The van der Waals surface area contributed by atoms with E-state index in [0.29, 0.717) is 18.0 Å². The molecule has 0 bridgehead atoms. The van der Waals surface area contributed by atoms with Gasteiger partial charge < -0.3 is 20.3 Å². The maximum Gasteiger partial charge on any atom is 0.254 e. The van der Waals surface area contributed by atoms with Gasteiger partial charge in [0.25, 0.3) is 5.91 Å². The van der Waals surface area contributed by atoms with Crippen molar-refractivity contribution in [2.45, 2.75) is 19.4 Å². The maximum atomic E-state index is 13.1. The van der Waals surface area contributed by atoms with Gasteiger partial charge in [0.05, 0.1) is 18.7 Å². The van der Waals surface area contributed by atoms with Gasteiger partial charge in [0.15, 0.2) is 0 Å². The summed E-state index contributed by atoms with van der Waals surface area (Å²) in [6.07, 6.45) is -0.209. The van der Waals surface area contributed by atoms with Crippen molar-refractivity contribution in [2.24, 2.45) is 0 Å². The normalized spacial score (nSPS) is 16.1. The summed E-state index contributed by atoms with van der Waals surface area (Å²) < 4.78 is 18.6. The summed E-state index contributed by atoms with van der Waals surface area (Å²) in [6, 6.07) is 11.1. The molecular weight excluding hydrogens is 377 g/mol. The number of ether oxygens (including phenoxy) is 1. The molecule has 1 aliphatic heterocycles. The van der Waals surface area contributed by atoms with Crippen LogP contribution < -0.4 is 15.4 Å². The fraction of sp³-hybridized carbons (Fsp3) is 0.286. The molecule has 2 aromatic carbocycles. The smallest absolute Gasteiger partial charge is 0.254 e. The largest absolute Gasteiger partial charge is 0.492 e. The number of nitrogens with zero attached hydrogens (tertiary/aromatic N) is 1. The predicted molar refractivity (Wildman–Crippen MR) is 105 cm³/mol. The predicted octanol–water partition coefficient (Wildman–Crippen LogP) is 2.19. The van der Waals surface area contributed by atoms with Gasteiger partial charge >= 0.3 is 0 Å². The SMILES string of the molecule is CCOc1ccccc1NC(=O)CC1C(=O)NCCN1C(=O)c1ccc(F)cc1. The minimum absolute atomic E-state index is 0.209. The Balaban J connectivity index is 1.74. The van der Waals surface area contributed by atoms with Crippen molar-refractivity contribution in [2.75, 3.05) is 25.0 Å². The number of carbonyl (C=O) groups excluding carboxylic acids is 3. The average molecular weight is 399 g/mol. The zero-order valence-electron chi connectivity index (χ0n) is 16.0. The molecule has 8 heteroatoms. The Morgan fingerprint density at radius 1 is 1.21 bits per heavy atom. The molecule has 1 fully saturated rings. The lowest BCUT2D eigenvalue weighted by molar-refractivity contribution is -0.131. The molecule has 1 aliphatic rings. The third-order valence-corrected chi connectivity index (χ3v) is 4.52. The Labute approximate surface area is 167 Å². The van der Waals surface area contributed by atoms with Crippen molar-refractivity contribution in [3.8, 4) is 5.75 Å². The monoisotopic (exact) mass is 399 g/mol. The molecule has 29 heavy (non-hydrogen) atoms. The van der Waals surface area contributed by atoms with Crippen LogP contribution in [0.25, 0.3) is 0 Å². The van der Waals surface area contributed by atoms with E-state index in [1.54, 1.807) is 24.3 Å². The maximum absolute atomic E-state index is 13.1. The van der Waals surface area contributed by atoms with Gasteiger partial charge in [-0.05, 0) is 43.3 Å². The highest BCUT2D eigenvalue weighted by atomic mass is 19.1. The summed E-state index contributed by atoms with van der Waals surface area (Å²) >= 11 is 0. The number of amides is 3. The lowest BCUT2D eigenvalue weighted by Crippen LogP contribution is -2.58. The number of benzene rings is 2. The molecule has 1 unspecified atom stereocenters. The molecular formula is C21H22FN3O4. The number of halogens is 1. The van der Waals surface area contributed by atoms with Crippen LogP contribution in [-0.2, 0) is 9.59 Å². The van der Waals surface area contributed by atoms with Crippen molar-refractivity contribution in [1.29, 1.82) is 0 Å². The Hall–Kier alpha value is -3.42. The van der Waals surface area contributed by atoms with Crippen LogP contribution in [0.1, 0.15) is 23.7 Å². The highest BCUT2D eigenvalue weighted by Gasteiger charge is 2.35. The van der Waals surface area contributed by atoms with Crippen LogP contribution in [0.4, 0.5) is 10.1 Å². The van der Waals surface area contributed by atoms with E-state index in [-0.39, 0.29) is 25.1 Å². The quantitative estimate of drug-likeness (QED) is 0.780. The van der Waals surface area contributed by atoms with Gasteiger partial charge in [-0.2, -0.15) is 0 Å². The minimum atomic E-state index is -0.958. The molecule has 3 rings (SSSR count). The summed E-state index contributed by atoms with van der Waals surface area (Å²) in [5, 5.41) is 5.42. The Morgan fingerprint density at radius 2 is 1.93 bits per heavy atom. The van der Waals surface area contributed by atoms with Gasteiger partial charge in [-0.1, -0.05) is 12.1 Å². The van der Waals surface area contributed by atoms with Gasteiger partial charge in [-0.25, -0.2) is 4.39 Å². The van der Waals surface area contributed by atoms with Crippen LogP contribution in [-0.4, -0.2) is 48.4 Å². The number of para-hydroxylation sites is 2. The van der Waals surface area contributed by atoms with E-state index in [2.05, 4.69) is 10.6 Å². The first-order valence-electron chi connectivity index (χ1n) is 9.35. The Kier molecular flexibility index (Phi) is 6.43. The second-order valence-corrected chi connectivity index (χ2v) is 6.49. The molecule has 2 N–H and O–H groups in total. The topological polar surface area (TPSA) is 87.7 Å². The van der Waals surface area contributed by atoms with Crippen LogP contribution in [0.3, 0.4) is 0 Å². The zero-order chi connectivity index (χ0) is 20.8. The number of carbonyl (C=O) groups is 3. The summed E-state index contributed by atoms with van der Waals surface area (Å²) in [4.78, 5) is 39.1. The molecule has 0 spiro atoms. The summed E-state index contributed by atoms with van der Waals surface area (Å²) in [5.74, 6) is -1.18. The molecule has 3 amide bonds. The van der Waals surface area contributed by atoms with E-state index in [4.69, 9.17) is 4.74 Å². The van der Waals surface area contributed by atoms with Crippen LogP contribution in [0.5, 0.6) is 5.75 Å². The fourth-order valence-corrected chi connectivity index (χ4v) is 3.15. The third kappa shape index (κ3) is 4.90. The number of piperazine rings is 1. The van der Waals surface area contributed by atoms with Crippen molar-refractivity contribution in [3.05, 3.63) is 59.9 Å². The number of rotatable bonds is 6. The lowest BCUT2D eigenvalue weighted by atomic mass is 10.1. The molecule has 0 saturated carbocycles. The number of hydrogen-bond acceptors (Lipinski definition) is 4. The molecule has 1 atom stereocenters. The second kappa shape index (κ2) is 9.18. The van der Waals surface area contributed by atoms with E-state index in [1.165, 1.54) is 29.2 Å². The van der Waals surface area contributed by atoms with Crippen molar-refractivity contribution >= 4 is 23.4 Å². The molecule has 2 aromatic rings. The van der Waals surface area contributed by atoms with Crippen molar-refractivity contribution < 1.29 is 23.5 Å². The van der Waals surface area contributed by atoms with E-state index < -0.39 is 29.6 Å². The van der Waals surface area contributed by atoms with E-state index in [1.807, 2.05) is 6.92 Å². The first-order chi connectivity index (χ1) is 14.0. The average Bonchev–Trinajstić information content (AvgIpc) is 2.71. The molecule has 0 aliphatic carbocycles. The van der Waals surface area contributed by atoms with Gasteiger partial charge in [0, 0.05) is 18.7 Å². The van der Waals surface area contributed by atoms with E-state index in [0.717, 1.165) is 0 Å². The lowest BCUT2D eigenvalue weighted by Gasteiger charge is -2.34. The van der Waals surface area contributed by atoms with Gasteiger partial charge in [-0.15, -0.1) is 0 Å². The fourth-order valence-electron chi connectivity index (χ4n) is 3.15. The van der Waals surface area contributed by atoms with Crippen molar-refractivity contribution in [1.82, 2.24) is 10.2 Å². The number of hydrogen-bond donors (Lipinski definition) is 2. The van der Waals surface area contributed by atoms with Gasteiger partial charge in [0.1, 0.15) is 17.6 Å². The summed E-state index contributed by atoms with van der Waals surface area (Å²) in [6.45, 7) is 2.83. The Bertz CT molecular complexity index is 901. The van der Waals surface area contributed by atoms with Crippen LogP contribution in [0, 0.1) is 5.82 Å². The van der Waals surface area contributed by atoms with E-state index >= 15 is 0 Å². The van der Waals surface area contributed by atoms with Crippen LogP contribution >= 0.6 is 0 Å². The summed E-state index contributed by atoms with van der Waals surface area (Å²) in [7, 11) is 0. The molecule has 1 saturated heterocycles. The highest BCUT2D eigenvalue weighted by Crippen LogP contribution is 2.24. The number of anilines is 1.